The van der Waals surface area contributed by atoms with Crippen LogP contribution in [0.1, 0.15) is 53.9 Å². The van der Waals surface area contributed by atoms with Gasteiger partial charge in [0.05, 0.1) is 0 Å². The fourth-order valence-electron chi connectivity index (χ4n) is 2.23. The van der Waals surface area contributed by atoms with E-state index in [1.165, 1.54) is 12.8 Å². The molecule has 14 heavy (non-hydrogen) atoms. The molecule has 0 spiro atoms. The minimum absolute atomic E-state index is 0.230. The lowest BCUT2D eigenvalue weighted by Crippen LogP contribution is -2.45. The summed E-state index contributed by atoms with van der Waals surface area (Å²) >= 11 is 0. The molecule has 1 fully saturated rings. The molecule has 0 radical (unpaired) electrons. The van der Waals surface area contributed by atoms with Crippen molar-refractivity contribution in [2.75, 3.05) is 0 Å². The first kappa shape index (κ1) is 11.5. The molecule has 0 aromatic heterocycles. The molecular formula is C12H23NO. The highest BCUT2D eigenvalue weighted by atomic mass is 16.2. The van der Waals surface area contributed by atoms with Gasteiger partial charge < -0.3 is 4.90 Å². The first-order chi connectivity index (χ1) is 6.38. The van der Waals surface area contributed by atoms with Crippen molar-refractivity contribution < 1.29 is 4.79 Å². The third-order valence-electron chi connectivity index (χ3n) is 3.13. The van der Waals surface area contributed by atoms with Crippen molar-refractivity contribution in [2.45, 2.75) is 66.0 Å². The highest BCUT2D eigenvalue weighted by Crippen LogP contribution is 2.30. The van der Waals surface area contributed by atoms with E-state index in [0.29, 0.717) is 18.0 Å². The first-order valence-electron chi connectivity index (χ1n) is 5.70. The van der Waals surface area contributed by atoms with Gasteiger partial charge >= 0.3 is 0 Å². The van der Waals surface area contributed by atoms with Gasteiger partial charge in [-0.1, -0.05) is 27.7 Å². The summed E-state index contributed by atoms with van der Waals surface area (Å²) in [5.41, 5.74) is -0.230. The fraction of sp³-hybridized carbons (Fsp3) is 0.917. The molecule has 0 saturated carbocycles. The molecule has 1 aliphatic heterocycles. The van der Waals surface area contributed by atoms with E-state index in [9.17, 15) is 4.79 Å². The monoisotopic (exact) mass is 197 g/mol. The van der Waals surface area contributed by atoms with Gasteiger partial charge in [-0.3, -0.25) is 4.79 Å². The molecule has 2 nitrogen and oxygen atoms in total. The van der Waals surface area contributed by atoms with Crippen molar-refractivity contribution in [3.05, 3.63) is 0 Å². The highest BCUT2D eigenvalue weighted by molar-refractivity contribution is 5.82. The minimum Gasteiger partial charge on any atom is -0.337 e. The third kappa shape index (κ3) is 2.10. The topological polar surface area (TPSA) is 20.3 Å². The summed E-state index contributed by atoms with van der Waals surface area (Å²) in [6.45, 7) is 10.4. The Balaban J connectivity index is 2.79. The molecular weight excluding hydrogens is 174 g/mol. The van der Waals surface area contributed by atoms with Crippen LogP contribution < -0.4 is 0 Å². The lowest BCUT2D eigenvalue weighted by atomic mass is 9.93. The lowest BCUT2D eigenvalue weighted by Gasteiger charge is -2.33. The van der Waals surface area contributed by atoms with Crippen LogP contribution in [-0.2, 0) is 4.79 Å². The standard InChI is InChI=1S/C12H23NO/c1-6-10-8-7-9(2)13(10)11(14)12(3,4)5/h9-10H,6-8H2,1-5H3. The Kier molecular flexibility index (Phi) is 3.23. The smallest absolute Gasteiger partial charge is 0.228 e. The second kappa shape index (κ2) is 3.92. The van der Waals surface area contributed by atoms with Crippen LogP contribution in [0.25, 0.3) is 0 Å². The Labute approximate surface area is 87.7 Å². The molecule has 2 atom stereocenters. The van der Waals surface area contributed by atoms with Gasteiger partial charge in [0.25, 0.3) is 0 Å². The maximum absolute atomic E-state index is 12.2. The summed E-state index contributed by atoms with van der Waals surface area (Å²) in [6.07, 6.45) is 3.44. The average Bonchev–Trinajstić information content (AvgIpc) is 2.43. The molecule has 2 heteroatoms. The Hall–Kier alpha value is -0.530. The van der Waals surface area contributed by atoms with Crippen LogP contribution in [0.2, 0.25) is 0 Å². The molecule has 1 rings (SSSR count). The number of hydrogen-bond donors (Lipinski definition) is 0. The van der Waals surface area contributed by atoms with Gasteiger partial charge in [0.1, 0.15) is 0 Å². The molecule has 1 heterocycles. The Morgan fingerprint density at radius 1 is 1.36 bits per heavy atom. The molecule has 1 saturated heterocycles. The van der Waals surface area contributed by atoms with Crippen molar-refractivity contribution >= 4 is 5.91 Å². The van der Waals surface area contributed by atoms with Crippen molar-refractivity contribution in [3.63, 3.8) is 0 Å². The number of carbonyl (C=O) groups excluding carboxylic acids is 1. The fourth-order valence-corrected chi connectivity index (χ4v) is 2.23. The van der Waals surface area contributed by atoms with Gasteiger partial charge in [0.2, 0.25) is 5.91 Å². The summed E-state index contributed by atoms with van der Waals surface area (Å²) in [6, 6.07) is 0.920. The average molecular weight is 197 g/mol. The zero-order valence-electron chi connectivity index (χ0n) is 10.1. The van der Waals surface area contributed by atoms with E-state index in [1.54, 1.807) is 0 Å². The molecule has 0 aromatic carbocycles. The van der Waals surface area contributed by atoms with Gasteiger partial charge in [-0.25, -0.2) is 0 Å². The quantitative estimate of drug-likeness (QED) is 0.633. The molecule has 0 bridgehead atoms. The Morgan fingerprint density at radius 2 is 1.93 bits per heavy atom. The number of hydrogen-bond acceptors (Lipinski definition) is 1. The minimum atomic E-state index is -0.230. The Morgan fingerprint density at radius 3 is 2.36 bits per heavy atom. The molecule has 82 valence electrons. The first-order valence-corrected chi connectivity index (χ1v) is 5.70. The zero-order valence-corrected chi connectivity index (χ0v) is 10.1. The summed E-state index contributed by atoms with van der Waals surface area (Å²) in [5.74, 6) is 0.314. The molecule has 1 amide bonds. The van der Waals surface area contributed by atoms with Crippen LogP contribution in [0.15, 0.2) is 0 Å². The van der Waals surface area contributed by atoms with Crippen LogP contribution in [0.3, 0.4) is 0 Å². The predicted molar refractivity (Wildman–Crippen MR) is 59.1 cm³/mol. The van der Waals surface area contributed by atoms with Crippen LogP contribution in [0.5, 0.6) is 0 Å². The summed E-state index contributed by atoms with van der Waals surface area (Å²) in [7, 11) is 0. The van der Waals surface area contributed by atoms with Crippen molar-refractivity contribution in [1.29, 1.82) is 0 Å². The molecule has 1 aliphatic rings. The van der Waals surface area contributed by atoms with Crippen molar-refractivity contribution in [1.82, 2.24) is 4.90 Å². The molecule has 0 N–H and O–H groups in total. The number of carbonyl (C=O) groups is 1. The van der Waals surface area contributed by atoms with Gasteiger partial charge in [0.15, 0.2) is 0 Å². The van der Waals surface area contributed by atoms with E-state index in [4.69, 9.17) is 0 Å². The maximum atomic E-state index is 12.2. The van der Waals surface area contributed by atoms with E-state index >= 15 is 0 Å². The van der Waals surface area contributed by atoms with E-state index in [0.717, 1.165) is 6.42 Å². The van der Waals surface area contributed by atoms with E-state index in [1.807, 2.05) is 20.8 Å². The zero-order chi connectivity index (χ0) is 10.9. The van der Waals surface area contributed by atoms with Crippen molar-refractivity contribution in [2.24, 2.45) is 5.41 Å². The molecule has 0 aliphatic carbocycles. The summed E-state index contributed by atoms with van der Waals surface area (Å²) < 4.78 is 0. The molecule has 2 unspecified atom stereocenters. The van der Waals surface area contributed by atoms with E-state index in [-0.39, 0.29) is 5.41 Å². The second-order valence-electron chi connectivity index (χ2n) is 5.45. The SMILES string of the molecule is CCC1CCC(C)N1C(=O)C(C)(C)C. The van der Waals surface area contributed by atoms with Crippen LogP contribution in [-0.4, -0.2) is 22.9 Å². The normalized spacial score (nSPS) is 28.2. The van der Waals surface area contributed by atoms with Crippen LogP contribution >= 0.6 is 0 Å². The summed E-state index contributed by atoms with van der Waals surface area (Å²) in [5, 5.41) is 0. The van der Waals surface area contributed by atoms with E-state index in [2.05, 4.69) is 18.7 Å². The largest absolute Gasteiger partial charge is 0.337 e. The number of rotatable bonds is 1. The van der Waals surface area contributed by atoms with Gasteiger partial charge in [0, 0.05) is 17.5 Å². The van der Waals surface area contributed by atoms with Crippen LogP contribution in [0, 0.1) is 5.41 Å². The van der Waals surface area contributed by atoms with Gasteiger partial charge in [-0.05, 0) is 26.2 Å². The second-order valence-corrected chi connectivity index (χ2v) is 5.45. The molecule has 0 aromatic rings. The van der Waals surface area contributed by atoms with Crippen LogP contribution in [0.4, 0.5) is 0 Å². The lowest BCUT2D eigenvalue weighted by molar-refractivity contribution is -0.142. The van der Waals surface area contributed by atoms with Gasteiger partial charge in [-0.2, -0.15) is 0 Å². The maximum Gasteiger partial charge on any atom is 0.228 e. The highest BCUT2D eigenvalue weighted by Gasteiger charge is 2.37. The third-order valence-corrected chi connectivity index (χ3v) is 3.13. The number of amides is 1. The number of nitrogens with zero attached hydrogens (tertiary/aromatic N) is 1. The number of likely N-dealkylation sites (tertiary alicyclic amines) is 1. The van der Waals surface area contributed by atoms with Crippen molar-refractivity contribution in [3.8, 4) is 0 Å². The predicted octanol–water partition coefficient (Wildman–Crippen LogP) is 2.82. The van der Waals surface area contributed by atoms with Gasteiger partial charge in [-0.15, -0.1) is 0 Å². The van der Waals surface area contributed by atoms with E-state index < -0.39 is 0 Å². The summed E-state index contributed by atoms with van der Waals surface area (Å²) in [4.78, 5) is 14.3. The Bertz CT molecular complexity index is 217.